The van der Waals surface area contributed by atoms with Gasteiger partial charge in [0.25, 0.3) is 0 Å². The number of ether oxygens (including phenoxy) is 3. The monoisotopic (exact) mass is 367 g/mol. The minimum atomic E-state index is -0.618. The molecule has 142 valence electrons. The molecule has 1 aliphatic rings. The Labute approximate surface area is 160 Å². The van der Waals surface area contributed by atoms with Crippen LogP contribution in [0.25, 0.3) is 12.2 Å². The second-order valence-electron chi connectivity index (χ2n) is 7.57. The van der Waals surface area contributed by atoms with E-state index in [0.717, 1.165) is 22.4 Å². The molecule has 0 saturated heterocycles. The number of aromatic nitrogens is 1. The number of hydrogen-bond acceptors (Lipinski definition) is 5. The Morgan fingerprint density at radius 1 is 1.22 bits per heavy atom. The number of nitrogens with zero attached hydrogens (tertiary/aromatic N) is 1. The van der Waals surface area contributed by atoms with Crippen molar-refractivity contribution in [2.75, 3.05) is 7.11 Å². The van der Waals surface area contributed by atoms with Crippen LogP contribution in [0.3, 0.4) is 0 Å². The highest BCUT2D eigenvalue weighted by atomic mass is 16.7. The van der Waals surface area contributed by atoms with Crippen molar-refractivity contribution in [3.63, 3.8) is 0 Å². The Morgan fingerprint density at radius 3 is 2.56 bits per heavy atom. The second kappa shape index (κ2) is 7.62. The van der Waals surface area contributed by atoms with Crippen LogP contribution in [0.2, 0.25) is 0 Å². The number of esters is 1. The molecule has 0 amide bonds. The predicted molar refractivity (Wildman–Crippen MR) is 104 cm³/mol. The van der Waals surface area contributed by atoms with E-state index in [1.54, 1.807) is 7.11 Å². The summed E-state index contributed by atoms with van der Waals surface area (Å²) in [6, 6.07) is 10.0. The summed E-state index contributed by atoms with van der Waals surface area (Å²) in [5.41, 5.74) is 3.52. The molecule has 0 saturated carbocycles. The number of pyridine rings is 1. The summed E-state index contributed by atoms with van der Waals surface area (Å²) in [7, 11) is 1.57. The number of carbonyl (C=O) groups excluding carboxylic acids is 1. The lowest BCUT2D eigenvalue weighted by Gasteiger charge is -2.20. The molecule has 0 radical (unpaired) electrons. The Balaban J connectivity index is 2.04. The molecule has 1 unspecified atom stereocenters. The van der Waals surface area contributed by atoms with E-state index in [1.807, 2.05) is 70.2 Å². The average molecular weight is 367 g/mol. The molecule has 1 aromatic heterocycles. The van der Waals surface area contributed by atoms with Gasteiger partial charge < -0.3 is 14.2 Å². The fourth-order valence-corrected chi connectivity index (χ4v) is 2.85. The van der Waals surface area contributed by atoms with Gasteiger partial charge in [0.05, 0.1) is 29.0 Å². The van der Waals surface area contributed by atoms with Crippen molar-refractivity contribution in [1.29, 1.82) is 0 Å². The van der Waals surface area contributed by atoms with Gasteiger partial charge >= 0.3 is 5.97 Å². The average Bonchev–Trinajstić information content (AvgIpc) is 3.06. The molecule has 0 N–H and O–H groups in total. The highest BCUT2D eigenvalue weighted by Gasteiger charge is 2.34. The molecule has 27 heavy (non-hydrogen) atoms. The first kappa shape index (κ1) is 19.3. The molecular weight excluding hydrogens is 342 g/mol. The predicted octanol–water partition coefficient (Wildman–Crippen LogP) is 4.69. The van der Waals surface area contributed by atoms with Gasteiger partial charge in [-0.1, -0.05) is 36.4 Å². The van der Waals surface area contributed by atoms with Crippen LogP contribution in [-0.2, 0) is 20.9 Å². The zero-order valence-electron chi connectivity index (χ0n) is 16.4. The molecule has 5 heteroatoms. The van der Waals surface area contributed by atoms with Crippen LogP contribution in [0.4, 0.5) is 0 Å². The van der Waals surface area contributed by atoms with Crippen LogP contribution in [0.15, 0.2) is 30.3 Å². The van der Waals surface area contributed by atoms with Crippen molar-refractivity contribution in [2.24, 2.45) is 5.41 Å². The molecule has 0 spiro atoms. The molecule has 1 atom stereocenters. The first-order valence-corrected chi connectivity index (χ1v) is 8.94. The van der Waals surface area contributed by atoms with E-state index in [9.17, 15) is 4.79 Å². The molecule has 0 bridgehead atoms. The van der Waals surface area contributed by atoms with Crippen molar-refractivity contribution < 1.29 is 19.0 Å². The Hall–Kier alpha value is -2.50. The third-order valence-electron chi connectivity index (χ3n) is 4.36. The van der Waals surface area contributed by atoms with Crippen molar-refractivity contribution in [1.82, 2.24) is 4.98 Å². The Kier molecular flexibility index (Phi) is 5.44. The van der Waals surface area contributed by atoms with Crippen LogP contribution >= 0.6 is 0 Å². The maximum atomic E-state index is 12.4. The van der Waals surface area contributed by atoms with Crippen LogP contribution in [0.5, 0.6) is 5.75 Å². The first-order chi connectivity index (χ1) is 12.8. The lowest BCUT2D eigenvalue weighted by molar-refractivity contribution is -0.143. The van der Waals surface area contributed by atoms with Gasteiger partial charge in [-0.2, -0.15) is 0 Å². The number of methoxy groups -OCH3 is 1. The zero-order valence-corrected chi connectivity index (χ0v) is 16.4. The largest absolute Gasteiger partial charge is 0.424 e. The van der Waals surface area contributed by atoms with Gasteiger partial charge in [-0.05, 0) is 39.3 Å². The van der Waals surface area contributed by atoms with E-state index < -0.39 is 11.7 Å². The number of aryl methyl sites for hydroxylation is 1. The fourth-order valence-electron chi connectivity index (χ4n) is 2.85. The molecule has 0 fully saturated rings. The van der Waals surface area contributed by atoms with Gasteiger partial charge in [0, 0.05) is 12.7 Å². The lowest BCUT2D eigenvalue weighted by atomic mass is 9.97. The summed E-state index contributed by atoms with van der Waals surface area (Å²) in [5, 5.41) is 0. The van der Waals surface area contributed by atoms with E-state index in [1.165, 1.54) is 0 Å². The van der Waals surface area contributed by atoms with Gasteiger partial charge in [0.15, 0.2) is 12.0 Å². The van der Waals surface area contributed by atoms with Crippen LogP contribution in [0.1, 0.15) is 55.1 Å². The van der Waals surface area contributed by atoms with Crippen molar-refractivity contribution in [2.45, 2.75) is 40.6 Å². The van der Waals surface area contributed by atoms with Crippen molar-refractivity contribution >= 4 is 18.1 Å². The fraction of sp³-hybridized carbons (Fsp3) is 0.364. The minimum Gasteiger partial charge on any atom is -0.424 e. The molecular formula is C22H25NO4. The highest BCUT2D eigenvalue weighted by molar-refractivity contribution is 5.79. The molecule has 0 aliphatic carbocycles. The van der Waals surface area contributed by atoms with E-state index >= 15 is 0 Å². The lowest BCUT2D eigenvalue weighted by Crippen LogP contribution is -2.26. The van der Waals surface area contributed by atoms with E-state index in [2.05, 4.69) is 4.98 Å². The van der Waals surface area contributed by atoms with Gasteiger partial charge in [-0.15, -0.1) is 0 Å². The number of fused-ring (bicyclic) bond motifs is 1. The zero-order chi connectivity index (χ0) is 19.6. The summed E-state index contributed by atoms with van der Waals surface area (Å²) < 4.78 is 16.9. The summed E-state index contributed by atoms with van der Waals surface area (Å²) in [5.74, 6) is 0.120. The summed E-state index contributed by atoms with van der Waals surface area (Å²) >= 11 is 0. The van der Waals surface area contributed by atoms with Gasteiger partial charge in [0.2, 0.25) is 0 Å². The number of carbonyl (C=O) groups is 1. The first-order valence-electron chi connectivity index (χ1n) is 8.94. The summed E-state index contributed by atoms with van der Waals surface area (Å²) in [4.78, 5) is 17.1. The number of hydrogen-bond donors (Lipinski definition) is 0. The van der Waals surface area contributed by atoms with E-state index in [4.69, 9.17) is 14.2 Å². The maximum absolute atomic E-state index is 12.4. The van der Waals surface area contributed by atoms with Crippen molar-refractivity contribution in [3.8, 4) is 5.75 Å². The number of rotatable bonds is 4. The smallest absolute Gasteiger partial charge is 0.316 e. The second-order valence-corrected chi connectivity index (χ2v) is 7.57. The molecule has 1 aromatic carbocycles. The third kappa shape index (κ3) is 4.10. The van der Waals surface area contributed by atoms with Gasteiger partial charge in [0.1, 0.15) is 0 Å². The molecule has 3 rings (SSSR count). The topological polar surface area (TPSA) is 57.6 Å². The van der Waals surface area contributed by atoms with E-state index in [0.29, 0.717) is 18.1 Å². The maximum Gasteiger partial charge on any atom is 0.316 e. The Morgan fingerprint density at radius 2 is 1.93 bits per heavy atom. The highest BCUT2D eigenvalue weighted by Crippen LogP contribution is 2.42. The molecule has 2 heterocycles. The van der Waals surface area contributed by atoms with Crippen LogP contribution in [0, 0.1) is 12.3 Å². The van der Waals surface area contributed by atoms with E-state index in [-0.39, 0.29) is 5.97 Å². The molecule has 2 aromatic rings. The summed E-state index contributed by atoms with van der Waals surface area (Å²) in [6.45, 7) is 7.64. The molecule has 5 nitrogen and oxygen atoms in total. The minimum absolute atomic E-state index is 0.316. The van der Waals surface area contributed by atoms with Crippen molar-refractivity contribution in [3.05, 3.63) is 58.4 Å². The normalized spacial score (nSPS) is 16.6. The van der Waals surface area contributed by atoms with Gasteiger partial charge in [-0.3, -0.25) is 4.79 Å². The van der Waals surface area contributed by atoms with Crippen LogP contribution in [-0.4, -0.2) is 18.1 Å². The van der Waals surface area contributed by atoms with Crippen LogP contribution < -0.4 is 4.74 Å². The SMILES string of the molecule is COC1OCc2c(/C=C/c3ccccc3)nc(C)c(OC(=O)C(C)(C)C)c21. The molecule has 1 aliphatic heterocycles. The summed E-state index contributed by atoms with van der Waals surface area (Å²) in [6.07, 6.45) is 3.38. The quantitative estimate of drug-likeness (QED) is 0.734. The number of benzene rings is 1. The third-order valence-corrected chi connectivity index (χ3v) is 4.36. The van der Waals surface area contributed by atoms with Gasteiger partial charge in [-0.25, -0.2) is 4.98 Å². The Bertz CT molecular complexity index is 866. The standard InChI is InChI=1S/C22H25NO4/c1-14-19(27-21(24)22(2,3)4)18-16(13-26-20(18)25-5)17(23-14)12-11-15-9-7-6-8-10-15/h6-12,20H,13H2,1-5H3/b12-11+.